The number of hydrogen-bond acceptors (Lipinski definition) is 11. The van der Waals surface area contributed by atoms with Crippen molar-refractivity contribution in [1.29, 1.82) is 0 Å². The Morgan fingerprint density at radius 1 is 0.442 bits per heavy atom. The number of hydrogen-bond donors (Lipinski definition) is 3. The van der Waals surface area contributed by atoms with Gasteiger partial charge in [-0.2, -0.15) is 0 Å². The van der Waals surface area contributed by atoms with E-state index in [1.807, 2.05) is 12.2 Å². The van der Waals surface area contributed by atoms with Crippen LogP contribution in [0.25, 0.3) is 0 Å². The van der Waals surface area contributed by atoms with E-state index in [-0.39, 0.29) is 25.9 Å². The van der Waals surface area contributed by atoms with Gasteiger partial charge in [0.2, 0.25) is 0 Å². The Kier molecular flexibility index (Phi) is 48.8. The minimum atomic E-state index is -1.91. The van der Waals surface area contributed by atoms with Crippen LogP contribution >= 0.6 is 0 Å². The summed E-state index contributed by atoms with van der Waals surface area (Å²) in [5.74, 6) is -3.22. The number of ether oxygens (including phenoxy) is 5. The first-order valence-corrected chi connectivity index (χ1v) is 30.9. The van der Waals surface area contributed by atoms with Crippen LogP contribution in [0.15, 0.2) is 72.9 Å². The Balaban J connectivity index is 2.64. The lowest BCUT2D eigenvalue weighted by atomic mass is 9.98. The van der Waals surface area contributed by atoms with Gasteiger partial charge in [0.1, 0.15) is 18.8 Å². The van der Waals surface area contributed by atoms with Crippen LogP contribution in [0.3, 0.4) is 0 Å². The van der Waals surface area contributed by atoms with E-state index in [1.165, 1.54) is 122 Å². The number of unbranched alkanes of at least 4 members (excludes halogenated alkanes) is 26. The molecule has 0 aromatic carbocycles. The summed E-state index contributed by atoms with van der Waals surface area (Å²) in [6, 6.07) is 0. The maximum Gasteiger partial charge on any atom is 0.335 e. The number of carbonyl (C=O) groups is 4. The zero-order valence-corrected chi connectivity index (χ0v) is 48.7. The molecule has 0 bridgehead atoms. The Morgan fingerprint density at radius 2 is 0.818 bits per heavy atom. The molecule has 1 heterocycles. The molecule has 0 saturated carbocycles. The molecule has 1 saturated heterocycles. The molecule has 6 atom stereocenters. The lowest BCUT2D eigenvalue weighted by Gasteiger charge is -2.40. The van der Waals surface area contributed by atoms with E-state index in [4.69, 9.17) is 23.7 Å². The first-order chi connectivity index (χ1) is 37.6. The van der Waals surface area contributed by atoms with Crippen molar-refractivity contribution >= 4 is 23.9 Å². The largest absolute Gasteiger partial charge is 0.479 e. The fourth-order valence-corrected chi connectivity index (χ4v) is 9.10. The van der Waals surface area contributed by atoms with Crippen molar-refractivity contribution in [3.05, 3.63) is 72.9 Å². The van der Waals surface area contributed by atoms with Gasteiger partial charge in [0, 0.05) is 19.3 Å². The molecule has 1 fully saturated rings. The van der Waals surface area contributed by atoms with E-state index in [2.05, 4.69) is 81.5 Å². The predicted molar refractivity (Wildman–Crippen MR) is 312 cm³/mol. The molecule has 0 radical (unpaired) electrons. The molecule has 12 nitrogen and oxygen atoms in total. The molecule has 442 valence electrons. The van der Waals surface area contributed by atoms with E-state index in [1.54, 1.807) is 0 Å². The summed E-state index contributed by atoms with van der Waals surface area (Å²) in [7, 11) is 0. The summed E-state index contributed by atoms with van der Waals surface area (Å²) in [6.07, 6.45) is 54.7. The summed E-state index contributed by atoms with van der Waals surface area (Å²) in [4.78, 5) is 51.0. The number of carboxylic acid groups (broad SMARTS) is 1. The highest BCUT2D eigenvalue weighted by molar-refractivity contribution is 5.74. The summed E-state index contributed by atoms with van der Waals surface area (Å²) < 4.78 is 28.3. The van der Waals surface area contributed by atoms with Crippen molar-refractivity contribution in [2.24, 2.45) is 0 Å². The summed E-state index contributed by atoms with van der Waals surface area (Å²) >= 11 is 0. The number of aliphatic hydroxyl groups excluding tert-OH is 2. The SMILES string of the molecule is CC/C=C\C/C=C\C/C=C\C/C=C\C/C=C\C/C=C\CCC(=O)OCC(COC1OC(C(=O)O)C(O)C(O)C1OC(=O)CCCCCCCCCCCCCCCCCCCCC)OC(=O)CCCCCCCCCCC. The van der Waals surface area contributed by atoms with Gasteiger partial charge in [0.05, 0.1) is 6.61 Å². The zero-order chi connectivity index (χ0) is 56.1. The minimum Gasteiger partial charge on any atom is -0.479 e. The van der Waals surface area contributed by atoms with Crippen molar-refractivity contribution < 1.29 is 58.2 Å². The minimum absolute atomic E-state index is 0.0564. The van der Waals surface area contributed by atoms with Crippen LogP contribution < -0.4 is 0 Å². The van der Waals surface area contributed by atoms with Gasteiger partial charge in [0.15, 0.2) is 24.6 Å². The Morgan fingerprint density at radius 3 is 1.22 bits per heavy atom. The van der Waals surface area contributed by atoms with Gasteiger partial charge in [-0.3, -0.25) is 14.4 Å². The fraction of sp³-hybridized carbons (Fsp3) is 0.754. The predicted octanol–water partition coefficient (Wildman–Crippen LogP) is 16.1. The number of carboxylic acids is 1. The van der Waals surface area contributed by atoms with E-state index >= 15 is 0 Å². The third-order valence-corrected chi connectivity index (χ3v) is 13.8. The maximum atomic E-state index is 13.1. The van der Waals surface area contributed by atoms with Gasteiger partial charge < -0.3 is 39.0 Å². The van der Waals surface area contributed by atoms with Crippen LogP contribution in [0, 0.1) is 0 Å². The smallest absolute Gasteiger partial charge is 0.335 e. The van der Waals surface area contributed by atoms with E-state index in [0.29, 0.717) is 19.3 Å². The van der Waals surface area contributed by atoms with Gasteiger partial charge in [-0.15, -0.1) is 0 Å². The van der Waals surface area contributed by atoms with Gasteiger partial charge in [-0.05, 0) is 57.8 Å². The monoisotopic (exact) mass is 1080 g/mol. The van der Waals surface area contributed by atoms with Crippen LogP contribution in [0.1, 0.15) is 265 Å². The molecule has 0 aliphatic carbocycles. The first kappa shape index (κ1) is 71.2. The van der Waals surface area contributed by atoms with Crippen LogP contribution in [0.2, 0.25) is 0 Å². The summed E-state index contributed by atoms with van der Waals surface area (Å²) in [5, 5.41) is 31.5. The molecule has 0 amide bonds. The van der Waals surface area contributed by atoms with Crippen molar-refractivity contribution in [2.75, 3.05) is 13.2 Å². The standard InChI is InChI=1S/C65H110O12/c1-4-7-10-13-16-19-21-23-25-27-29-31-33-35-37-40-42-45-48-51-57(66)73-54-56(75-58(67)52-49-46-43-39-18-15-12-9-6-3)55-74-65-63(61(70)60(69)62(77-65)64(71)72)76-59(68)53-50-47-44-41-38-36-34-32-30-28-26-24-22-20-17-14-11-8-5-2/h7,10,16,19,23,25,29,31,35,37,42,45,56,60-63,65,69-70H,4-6,8-9,11-15,17-18,20-22,24,26-28,30,32-34,36,38-41,43-44,46-55H2,1-3H3,(H,71,72)/b10-7-,19-16-,25-23-,31-29-,37-35-,45-42-. The molecular weight excluding hydrogens is 973 g/mol. The zero-order valence-electron chi connectivity index (χ0n) is 48.7. The number of esters is 3. The summed E-state index contributed by atoms with van der Waals surface area (Å²) in [6.45, 7) is 5.81. The number of aliphatic carboxylic acids is 1. The van der Waals surface area contributed by atoms with Gasteiger partial charge in [0.25, 0.3) is 0 Å². The molecule has 1 aliphatic rings. The van der Waals surface area contributed by atoms with Crippen LogP contribution in [0.4, 0.5) is 0 Å². The normalized spacial score (nSPS) is 18.5. The lowest BCUT2D eigenvalue weighted by molar-refractivity contribution is -0.301. The molecule has 6 unspecified atom stereocenters. The molecule has 3 N–H and O–H groups in total. The second-order valence-corrected chi connectivity index (χ2v) is 21.0. The summed E-state index contributed by atoms with van der Waals surface area (Å²) in [5.41, 5.74) is 0. The molecular formula is C65H110O12. The molecule has 77 heavy (non-hydrogen) atoms. The first-order valence-electron chi connectivity index (χ1n) is 30.9. The molecule has 0 aromatic heterocycles. The second-order valence-electron chi connectivity index (χ2n) is 21.0. The average molecular weight is 1080 g/mol. The highest BCUT2D eigenvalue weighted by Crippen LogP contribution is 2.26. The molecule has 0 aromatic rings. The van der Waals surface area contributed by atoms with E-state index in [0.717, 1.165) is 83.5 Å². The van der Waals surface area contributed by atoms with Crippen LogP contribution in [-0.2, 0) is 42.9 Å². The van der Waals surface area contributed by atoms with Gasteiger partial charge in [-0.25, -0.2) is 4.79 Å². The average Bonchev–Trinajstić information content (AvgIpc) is 3.42. The van der Waals surface area contributed by atoms with Crippen molar-refractivity contribution in [1.82, 2.24) is 0 Å². The van der Waals surface area contributed by atoms with E-state index < -0.39 is 67.3 Å². The quantitative estimate of drug-likeness (QED) is 0.0228. The topological polar surface area (TPSA) is 175 Å². The highest BCUT2D eigenvalue weighted by Gasteiger charge is 2.50. The maximum absolute atomic E-state index is 13.1. The number of aliphatic hydroxyl groups is 2. The fourth-order valence-electron chi connectivity index (χ4n) is 9.10. The second kappa shape index (κ2) is 52.8. The highest BCUT2D eigenvalue weighted by atomic mass is 16.7. The number of allylic oxidation sites excluding steroid dienone is 12. The molecule has 0 spiro atoms. The lowest BCUT2D eigenvalue weighted by Crippen LogP contribution is -2.61. The Labute approximate surface area is 468 Å². The van der Waals surface area contributed by atoms with Crippen molar-refractivity contribution in [3.8, 4) is 0 Å². The molecule has 12 heteroatoms. The molecule has 1 rings (SSSR count). The number of rotatable bonds is 52. The van der Waals surface area contributed by atoms with Gasteiger partial charge >= 0.3 is 23.9 Å². The van der Waals surface area contributed by atoms with Crippen molar-refractivity contribution in [3.63, 3.8) is 0 Å². The third-order valence-electron chi connectivity index (χ3n) is 13.8. The Bertz CT molecular complexity index is 1620. The van der Waals surface area contributed by atoms with Crippen molar-refractivity contribution in [2.45, 2.75) is 302 Å². The molecule has 1 aliphatic heterocycles. The Hall–Kier alpha value is -3.84. The van der Waals surface area contributed by atoms with Gasteiger partial charge in [-0.1, -0.05) is 261 Å². The number of carbonyl (C=O) groups excluding carboxylic acids is 3. The van der Waals surface area contributed by atoms with Crippen LogP contribution in [0.5, 0.6) is 0 Å². The van der Waals surface area contributed by atoms with Crippen LogP contribution in [-0.4, -0.2) is 89.2 Å². The van der Waals surface area contributed by atoms with E-state index in [9.17, 15) is 34.5 Å². The third kappa shape index (κ3) is 42.7.